The van der Waals surface area contributed by atoms with Crippen LogP contribution >= 0.6 is 0 Å². The lowest BCUT2D eigenvalue weighted by molar-refractivity contribution is 0.128. The second kappa shape index (κ2) is 6.42. The molecule has 1 rings (SSSR count). The van der Waals surface area contributed by atoms with E-state index in [1.165, 1.54) is 6.07 Å². The minimum atomic E-state index is -0.289. The van der Waals surface area contributed by atoms with Gasteiger partial charge in [0.15, 0.2) is 5.76 Å². The largest absolute Gasteiger partial charge is 0.473 e. The van der Waals surface area contributed by atoms with Crippen LogP contribution in [0.5, 0.6) is 5.75 Å². The van der Waals surface area contributed by atoms with E-state index >= 15 is 0 Å². The molecule has 0 aliphatic rings. The first kappa shape index (κ1) is 12.9. The lowest BCUT2D eigenvalue weighted by Gasteiger charge is -2.08. The third-order valence-electron chi connectivity index (χ3n) is 1.81. The molecule has 0 fully saturated rings. The van der Waals surface area contributed by atoms with Gasteiger partial charge in [0, 0.05) is 6.07 Å². The maximum Gasteiger partial charge on any atom is 0.227 e. The molecule has 1 aromatic rings. The maximum atomic E-state index is 11.6. The molecule has 0 bridgehead atoms. The van der Waals surface area contributed by atoms with E-state index in [9.17, 15) is 4.79 Å². The molecule has 0 amide bonds. The van der Waals surface area contributed by atoms with Crippen molar-refractivity contribution in [1.82, 2.24) is 0 Å². The summed E-state index contributed by atoms with van der Waals surface area (Å²) in [6.45, 7) is 1.86. The SMILES string of the molecule is C#CCOCc1oc(C)cc(=O)c1OCC#C. The van der Waals surface area contributed by atoms with Gasteiger partial charge >= 0.3 is 0 Å². The Morgan fingerprint density at radius 3 is 2.71 bits per heavy atom. The Morgan fingerprint density at radius 1 is 1.35 bits per heavy atom. The summed E-state index contributed by atoms with van der Waals surface area (Å²) in [5.74, 6) is 5.43. The van der Waals surface area contributed by atoms with E-state index in [0.717, 1.165) is 0 Å². The fourth-order valence-corrected chi connectivity index (χ4v) is 1.22. The van der Waals surface area contributed by atoms with Crippen LogP contribution in [0.1, 0.15) is 11.5 Å². The number of hydrogen-bond donors (Lipinski definition) is 0. The Hall–Kier alpha value is -2.17. The lowest BCUT2D eigenvalue weighted by Crippen LogP contribution is -2.12. The van der Waals surface area contributed by atoms with Crippen molar-refractivity contribution in [3.8, 4) is 30.4 Å². The van der Waals surface area contributed by atoms with Crippen molar-refractivity contribution in [2.45, 2.75) is 13.5 Å². The first-order valence-corrected chi connectivity index (χ1v) is 4.90. The molecule has 0 aromatic carbocycles. The molecule has 4 nitrogen and oxygen atoms in total. The molecule has 0 aliphatic heterocycles. The van der Waals surface area contributed by atoms with Crippen LogP contribution in [-0.2, 0) is 11.3 Å². The quantitative estimate of drug-likeness (QED) is 0.563. The highest BCUT2D eigenvalue weighted by atomic mass is 16.5. The Bertz CT molecular complexity index is 514. The van der Waals surface area contributed by atoms with Gasteiger partial charge in [0.05, 0.1) is 0 Å². The molecule has 1 heterocycles. The van der Waals surface area contributed by atoms with E-state index in [2.05, 4.69) is 11.8 Å². The maximum absolute atomic E-state index is 11.6. The average molecular weight is 232 g/mol. The zero-order valence-electron chi connectivity index (χ0n) is 9.49. The minimum Gasteiger partial charge on any atom is -0.473 e. The second-order valence-electron chi connectivity index (χ2n) is 3.16. The van der Waals surface area contributed by atoms with Crippen molar-refractivity contribution < 1.29 is 13.9 Å². The molecular formula is C13H12O4. The van der Waals surface area contributed by atoms with Crippen molar-refractivity contribution in [1.29, 1.82) is 0 Å². The molecule has 0 saturated heterocycles. The number of rotatable bonds is 5. The molecule has 0 spiro atoms. The van der Waals surface area contributed by atoms with Gasteiger partial charge in [-0.05, 0) is 6.92 Å². The van der Waals surface area contributed by atoms with Gasteiger partial charge < -0.3 is 13.9 Å². The Labute approximate surface area is 99.5 Å². The van der Waals surface area contributed by atoms with Crippen LogP contribution in [0.2, 0.25) is 0 Å². The van der Waals surface area contributed by atoms with Gasteiger partial charge in [-0.2, -0.15) is 0 Å². The minimum absolute atomic E-state index is 0.00401. The summed E-state index contributed by atoms with van der Waals surface area (Å²) in [5, 5.41) is 0. The highest BCUT2D eigenvalue weighted by Gasteiger charge is 2.12. The van der Waals surface area contributed by atoms with E-state index in [1.54, 1.807) is 6.92 Å². The van der Waals surface area contributed by atoms with Gasteiger partial charge in [-0.3, -0.25) is 4.79 Å². The average Bonchev–Trinajstić information content (AvgIpc) is 2.28. The summed E-state index contributed by atoms with van der Waals surface area (Å²) < 4.78 is 15.6. The van der Waals surface area contributed by atoms with E-state index in [4.69, 9.17) is 26.7 Å². The number of hydrogen-bond acceptors (Lipinski definition) is 4. The monoisotopic (exact) mass is 232 g/mol. The third kappa shape index (κ3) is 3.71. The molecule has 0 unspecified atom stereocenters. The predicted octanol–water partition coefficient (Wildman–Crippen LogP) is 1.11. The topological polar surface area (TPSA) is 48.7 Å². The summed E-state index contributed by atoms with van der Waals surface area (Å²) in [7, 11) is 0. The molecule has 0 N–H and O–H groups in total. The standard InChI is InChI=1S/C13H12O4/c1-4-6-15-9-12-13(16-7-5-2)11(14)8-10(3)17-12/h1-2,8H,6-7,9H2,3H3. The summed E-state index contributed by atoms with van der Waals surface area (Å²) >= 11 is 0. The third-order valence-corrected chi connectivity index (χ3v) is 1.81. The van der Waals surface area contributed by atoms with Crippen molar-refractivity contribution in [2.75, 3.05) is 13.2 Å². The van der Waals surface area contributed by atoms with E-state index < -0.39 is 0 Å². The van der Waals surface area contributed by atoms with Crippen LogP contribution in [0.4, 0.5) is 0 Å². The van der Waals surface area contributed by atoms with Gasteiger partial charge in [-0.15, -0.1) is 12.8 Å². The fourth-order valence-electron chi connectivity index (χ4n) is 1.22. The Balaban J connectivity index is 2.95. The molecule has 0 atom stereocenters. The summed E-state index contributed by atoms with van der Waals surface area (Å²) in [6, 6.07) is 1.33. The van der Waals surface area contributed by atoms with Gasteiger partial charge in [0.1, 0.15) is 25.6 Å². The Kier molecular flexibility index (Phi) is 4.87. The van der Waals surface area contributed by atoms with Crippen LogP contribution in [0.3, 0.4) is 0 Å². The molecule has 88 valence electrons. The van der Waals surface area contributed by atoms with Crippen LogP contribution in [0.15, 0.2) is 15.3 Å². The van der Waals surface area contributed by atoms with Gasteiger partial charge in [0.25, 0.3) is 0 Å². The zero-order chi connectivity index (χ0) is 12.7. The molecule has 0 radical (unpaired) electrons. The van der Waals surface area contributed by atoms with Gasteiger partial charge in [0.2, 0.25) is 11.2 Å². The molecule has 17 heavy (non-hydrogen) atoms. The summed E-state index contributed by atoms with van der Waals surface area (Å²) in [5.41, 5.74) is -0.289. The predicted molar refractivity (Wildman–Crippen MR) is 62.5 cm³/mol. The van der Waals surface area contributed by atoms with Gasteiger partial charge in [-0.25, -0.2) is 0 Å². The van der Waals surface area contributed by atoms with Crippen LogP contribution in [0.25, 0.3) is 0 Å². The first-order valence-electron chi connectivity index (χ1n) is 4.90. The molecule has 4 heteroatoms. The summed E-state index contributed by atoms with van der Waals surface area (Å²) in [6.07, 6.45) is 10.1. The van der Waals surface area contributed by atoms with Crippen molar-refractivity contribution in [3.05, 3.63) is 27.8 Å². The normalized spacial score (nSPS) is 9.35. The summed E-state index contributed by atoms with van der Waals surface area (Å²) in [4.78, 5) is 11.6. The van der Waals surface area contributed by atoms with Gasteiger partial charge in [-0.1, -0.05) is 11.8 Å². The highest BCUT2D eigenvalue weighted by Crippen LogP contribution is 2.16. The molecule has 0 saturated carbocycles. The van der Waals surface area contributed by atoms with Crippen LogP contribution in [-0.4, -0.2) is 13.2 Å². The van der Waals surface area contributed by atoms with Crippen LogP contribution in [0, 0.1) is 31.6 Å². The Morgan fingerprint density at radius 2 is 2.06 bits per heavy atom. The molecule has 0 aliphatic carbocycles. The second-order valence-corrected chi connectivity index (χ2v) is 3.16. The number of ether oxygens (including phenoxy) is 2. The van der Waals surface area contributed by atoms with E-state index in [-0.39, 0.29) is 31.0 Å². The smallest absolute Gasteiger partial charge is 0.227 e. The van der Waals surface area contributed by atoms with Crippen molar-refractivity contribution in [3.63, 3.8) is 0 Å². The molecular weight excluding hydrogens is 220 g/mol. The van der Waals surface area contributed by atoms with E-state index in [1.807, 2.05) is 0 Å². The highest BCUT2D eigenvalue weighted by molar-refractivity contribution is 5.26. The zero-order valence-corrected chi connectivity index (χ0v) is 9.49. The van der Waals surface area contributed by atoms with Crippen molar-refractivity contribution in [2.24, 2.45) is 0 Å². The fraction of sp³-hybridized carbons (Fsp3) is 0.308. The number of terminal acetylenes is 2. The lowest BCUT2D eigenvalue weighted by atomic mass is 10.3. The first-order chi connectivity index (χ1) is 8.19. The molecule has 1 aromatic heterocycles. The van der Waals surface area contributed by atoms with E-state index in [0.29, 0.717) is 11.5 Å². The number of aryl methyl sites for hydroxylation is 1. The van der Waals surface area contributed by atoms with Crippen molar-refractivity contribution >= 4 is 0 Å². The van der Waals surface area contributed by atoms with Crippen LogP contribution < -0.4 is 10.2 Å².